The number of allylic oxidation sites excluding steroid dienone is 1. The molecular weight excluding hydrogens is 360 g/mol. The highest BCUT2D eigenvalue weighted by atomic mass is 16.8. The number of ether oxygens (including phenoxy) is 3. The van der Waals surface area contributed by atoms with Gasteiger partial charge in [-0.3, -0.25) is 9.59 Å². The van der Waals surface area contributed by atoms with Gasteiger partial charge in [0.2, 0.25) is 12.6 Å². The van der Waals surface area contributed by atoms with Crippen LogP contribution in [0.4, 0.5) is 0 Å². The molecule has 0 amide bonds. The molecule has 6 heteroatoms. The van der Waals surface area contributed by atoms with Crippen LogP contribution in [0.15, 0.2) is 12.2 Å². The molecule has 2 aliphatic carbocycles. The minimum atomic E-state index is -0.959. The highest BCUT2D eigenvalue weighted by molar-refractivity contribution is 5.66. The van der Waals surface area contributed by atoms with E-state index in [-0.39, 0.29) is 16.7 Å². The van der Waals surface area contributed by atoms with Crippen LogP contribution in [0.1, 0.15) is 73.6 Å². The average Bonchev–Trinajstić information content (AvgIpc) is 2.75. The number of carbonyl (C=O) groups is 2. The van der Waals surface area contributed by atoms with E-state index in [4.69, 9.17) is 14.2 Å². The standard InChI is InChI=1S/C22H34O6/c1-14(23)26-17-16-8-11-22(25,20(5)10-7-9-19(3,4)12-20)13-21(16,6)18(28-17)27-15(2)24/h7,10,16-18,25H,8-9,11-13H2,1-6H3/t16-,17+,18-,20?,21-,22+/m0/s1. The summed E-state index contributed by atoms with van der Waals surface area (Å²) in [6, 6.07) is 0. The lowest BCUT2D eigenvalue weighted by Gasteiger charge is -2.55. The second-order valence-corrected chi connectivity index (χ2v) is 10.3. The first kappa shape index (κ1) is 21.3. The molecule has 1 saturated carbocycles. The van der Waals surface area contributed by atoms with Crippen LogP contribution in [0.5, 0.6) is 0 Å². The van der Waals surface area contributed by atoms with E-state index >= 15 is 0 Å². The Labute approximate surface area is 167 Å². The molecule has 3 aliphatic rings. The lowest BCUT2D eigenvalue weighted by atomic mass is 9.52. The van der Waals surface area contributed by atoms with Gasteiger partial charge in [-0.15, -0.1) is 0 Å². The van der Waals surface area contributed by atoms with E-state index in [2.05, 4.69) is 32.9 Å². The molecule has 1 heterocycles. The van der Waals surface area contributed by atoms with Crippen molar-refractivity contribution in [3.05, 3.63) is 12.2 Å². The van der Waals surface area contributed by atoms with Crippen LogP contribution in [0.25, 0.3) is 0 Å². The average molecular weight is 395 g/mol. The number of fused-ring (bicyclic) bond motifs is 1. The Balaban J connectivity index is 1.93. The maximum atomic E-state index is 11.9. The molecule has 1 saturated heterocycles. The fourth-order valence-electron chi connectivity index (χ4n) is 5.81. The Hall–Kier alpha value is -1.40. The Kier molecular flexibility index (Phi) is 5.20. The van der Waals surface area contributed by atoms with Crippen molar-refractivity contribution >= 4 is 11.9 Å². The summed E-state index contributed by atoms with van der Waals surface area (Å²) < 4.78 is 16.7. The van der Waals surface area contributed by atoms with Gasteiger partial charge >= 0.3 is 11.9 Å². The van der Waals surface area contributed by atoms with Crippen LogP contribution in [0.3, 0.4) is 0 Å². The predicted octanol–water partition coefficient (Wildman–Crippen LogP) is 3.72. The summed E-state index contributed by atoms with van der Waals surface area (Å²) >= 11 is 0. The molecule has 0 aromatic carbocycles. The molecule has 28 heavy (non-hydrogen) atoms. The van der Waals surface area contributed by atoms with E-state index < -0.39 is 35.5 Å². The SMILES string of the molecule is CC(=O)O[C@@H]1O[C@H](OC(C)=O)[C@@]2(C)C[C@@](O)(C3(C)C=CCC(C)(C)C3)CC[C@@H]12. The van der Waals surface area contributed by atoms with Crippen LogP contribution in [0.2, 0.25) is 0 Å². The Morgan fingerprint density at radius 2 is 1.71 bits per heavy atom. The summed E-state index contributed by atoms with van der Waals surface area (Å²) in [6.07, 6.45) is 6.21. The molecule has 6 atom stereocenters. The summed E-state index contributed by atoms with van der Waals surface area (Å²) in [5, 5.41) is 11.9. The van der Waals surface area contributed by atoms with E-state index in [1.165, 1.54) is 13.8 Å². The highest BCUT2D eigenvalue weighted by Gasteiger charge is 2.65. The zero-order valence-electron chi connectivity index (χ0n) is 17.9. The summed E-state index contributed by atoms with van der Waals surface area (Å²) in [5.41, 5.74) is -1.88. The molecule has 3 rings (SSSR count). The van der Waals surface area contributed by atoms with Crippen LogP contribution < -0.4 is 0 Å². The van der Waals surface area contributed by atoms with E-state index in [0.29, 0.717) is 19.3 Å². The molecule has 6 nitrogen and oxygen atoms in total. The molecule has 158 valence electrons. The fourth-order valence-corrected chi connectivity index (χ4v) is 5.81. The first-order valence-corrected chi connectivity index (χ1v) is 10.2. The highest BCUT2D eigenvalue weighted by Crippen LogP contribution is 2.61. The van der Waals surface area contributed by atoms with Crippen LogP contribution in [-0.4, -0.2) is 35.2 Å². The number of rotatable bonds is 3. The maximum Gasteiger partial charge on any atom is 0.304 e. The Bertz CT molecular complexity index is 685. The van der Waals surface area contributed by atoms with E-state index in [1.807, 2.05) is 6.92 Å². The molecular formula is C22H34O6. The molecule has 0 aromatic heterocycles. The van der Waals surface area contributed by atoms with Gasteiger partial charge in [0.15, 0.2) is 0 Å². The number of hydrogen-bond donors (Lipinski definition) is 1. The van der Waals surface area contributed by atoms with Gasteiger partial charge in [0, 0.05) is 30.6 Å². The van der Waals surface area contributed by atoms with Crippen molar-refractivity contribution in [2.75, 3.05) is 0 Å². The first-order chi connectivity index (χ1) is 12.8. The summed E-state index contributed by atoms with van der Waals surface area (Å²) in [6.45, 7) is 11.2. The van der Waals surface area contributed by atoms with Gasteiger partial charge in [0.25, 0.3) is 0 Å². The van der Waals surface area contributed by atoms with Crippen LogP contribution >= 0.6 is 0 Å². The molecule has 0 radical (unpaired) electrons. The lowest BCUT2D eigenvalue weighted by molar-refractivity contribution is -0.223. The lowest BCUT2D eigenvalue weighted by Crippen LogP contribution is -2.57. The monoisotopic (exact) mass is 394 g/mol. The zero-order valence-corrected chi connectivity index (χ0v) is 17.9. The minimum Gasteiger partial charge on any atom is -0.435 e. The van der Waals surface area contributed by atoms with Crippen LogP contribution in [0, 0.1) is 22.2 Å². The second kappa shape index (κ2) is 6.84. The molecule has 1 N–H and O–H groups in total. The Morgan fingerprint density at radius 1 is 1.07 bits per heavy atom. The predicted molar refractivity (Wildman–Crippen MR) is 103 cm³/mol. The van der Waals surface area contributed by atoms with Gasteiger partial charge in [-0.25, -0.2) is 0 Å². The molecule has 1 unspecified atom stereocenters. The van der Waals surface area contributed by atoms with E-state index in [0.717, 1.165) is 12.8 Å². The van der Waals surface area contributed by atoms with Gasteiger partial charge < -0.3 is 19.3 Å². The number of esters is 2. The molecule has 2 fully saturated rings. The van der Waals surface area contributed by atoms with Crippen molar-refractivity contribution < 1.29 is 28.9 Å². The number of aliphatic hydroxyl groups is 1. The topological polar surface area (TPSA) is 82.1 Å². The van der Waals surface area contributed by atoms with E-state index in [1.54, 1.807) is 0 Å². The smallest absolute Gasteiger partial charge is 0.304 e. The molecule has 1 aliphatic heterocycles. The van der Waals surface area contributed by atoms with Crippen LogP contribution in [-0.2, 0) is 23.8 Å². The zero-order chi connectivity index (χ0) is 21.0. The number of hydrogen-bond acceptors (Lipinski definition) is 6. The quantitative estimate of drug-likeness (QED) is 0.580. The van der Waals surface area contributed by atoms with Gasteiger partial charge in [0.1, 0.15) is 0 Å². The largest absolute Gasteiger partial charge is 0.435 e. The van der Waals surface area contributed by atoms with Crippen molar-refractivity contribution in [2.24, 2.45) is 22.2 Å². The third kappa shape index (κ3) is 3.61. The normalized spacial score (nSPS) is 44.6. The van der Waals surface area contributed by atoms with Gasteiger partial charge in [-0.2, -0.15) is 0 Å². The summed E-state index contributed by atoms with van der Waals surface area (Å²) in [4.78, 5) is 23.2. The van der Waals surface area contributed by atoms with Crippen molar-refractivity contribution in [3.8, 4) is 0 Å². The third-order valence-electron chi connectivity index (χ3n) is 7.13. The van der Waals surface area contributed by atoms with Gasteiger partial charge in [-0.1, -0.05) is 39.8 Å². The Morgan fingerprint density at radius 3 is 2.29 bits per heavy atom. The molecule has 0 aromatic rings. The third-order valence-corrected chi connectivity index (χ3v) is 7.13. The molecule has 0 spiro atoms. The van der Waals surface area contributed by atoms with Gasteiger partial charge in [-0.05, 0) is 37.5 Å². The summed E-state index contributed by atoms with van der Waals surface area (Å²) in [5.74, 6) is -1.02. The van der Waals surface area contributed by atoms with E-state index in [9.17, 15) is 14.7 Å². The summed E-state index contributed by atoms with van der Waals surface area (Å²) in [7, 11) is 0. The van der Waals surface area contributed by atoms with Crippen molar-refractivity contribution in [1.29, 1.82) is 0 Å². The molecule has 0 bridgehead atoms. The second-order valence-electron chi connectivity index (χ2n) is 10.3. The van der Waals surface area contributed by atoms with Crippen molar-refractivity contribution in [1.82, 2.24) is 0 Å². The van der Waals surface area contributed by atoms with Crippen molar-refractivity contribution in [2.45, 2.75) is 91.8 Å². The van der Waals surface area contributed by atoms with Crippen molar-refractivity contribution in [3.63, 3.8) is 0 Å². The van der Waals surface area contributed by atoms with Gasteiger partial charge in [0.05, 0.1) is 5.60 Å². The number of carbonyl (C=O) groups excluding carboxylic acids is 2. The first-order valence-electron chi connectivity index (χ1n) is 10.2. The fraction of sp³-hybridized carbons (Fsp3) is 0.818. The minimum absolute atomic E-state index is 0.110. The maximum absolute atomic E-state index is 11.9.